The van der Waals surface area contributed by atoms with Crippen molar-refractivity contribution in [2.24, 2.45) is 0 Å². The van der Waals surface area contributed by atoms with E-state index in [4.69, 9.17) is 24.6 Å². The van der Waals surface area contributed by atoms with E-state index in [-0.39, 0.29) is 0 Å². The maximum atomic E-state index is 11.0. The molecule has 6 rings (SSSR count). The van der Waals surface area contributed by atoms with Gasteiger partial charge >= 0.3 is 0 Å². The van der Waals surface area contributed by atoms with Crippen LogP contribution in [0.15, 0.2) is 39.1 Å². The molecule has 0 saturated carbocycles. The van der Waals surface area contributed by atoms with E-state index < -0.39 is 0 Å². The molecule has 2 aliphatic rings. The first-order chi connectivity index (χ1) is 19.1. The SMILES string of the molecule is Cc1cnc(-c2cc3c(cc2Sc2nc4c(N)ncnc4n2CCCC[C@H]2CCCN2CC=O)OCCO3)o1. The normalized spacial score (nSPS) is 17.2. The number of oxazole rings is 1. The number of aldehydes is 1. The van der Waals surface area contributed by atoms with Crippen LogP contribution in [0.2, 0.25) is 0 Å². The minimum absolute atomic E-state index is 0.349. The Balaban J connectivity index is 1.29. The van der Waals surface area contributed by atoms with Crippen molar-refractivity contribution in [1.82, 2.24) is 29.4 Å². The Hall–Kier alpha value is -3.64. The summed E-state index contributed by atoms with van der Waals surface area (Å²) >= 11 is 1.49. The van der Waals surface area contributed by atoms with E-state index >= 15 is 0 Å². The Morgan fingerprint density at radius 3 is 2.79 bits per heavy atom. The monoisotopic (exact) mass is 549 g/mol. The molecule has 0 spiro atoms. The van der Waals surface area contributed by atoms with Gasteiger partial charge in [-0.05, 0) is 51.3 Å². The molecule has 12 heteroatoms. The fourth-order valence-corrected chi connectivity index (χ4v) is 6.36. The van der Waals surface area contributed by atoms with Crippen LogP contribution in [-0.2, 0) is 11.3 Å². The summed E-state index contributed by atoms with van der Waals surface area (Å²) in [7, 11) is 0. The van der Waals surface area contributed by atoms with Gasteiger partial charge in [0, 0.05) is 17.5 Å². The fraction of sp³-hybridized carbons (Fsp3) is 0.444. The molecule has 0 unspecified atom stereocenters. The topological polar surface area (TPSA) is 134 Å². The third kappa shape index (κ3) is 5.30. The van der Waals surface area contributed by atoms with Crippen LogP contribution in [0, 0.1) is 6.92 Å². The first-order valence-corrected chi connectivity index (χ1v) is 14.1. The number of fused-ring (bicyclic) bond motifs is 2. The van der Waals surface area contributed by atoms with Crippen molar-refractivity contribution < 1.29 is 18.7 Å². The van der Waals surface area contributed by atoms with E-state index in [1.54, 1.807) is 6.20 Å². The number of hydrogen-bond acceptors (Lipinski definition) is 11. The molecule has 204 valence electrons. The summed E-state index contributed by atoms with van der Waals surface area (Å²) in [6.45, 7) is 5.11. The first kappa shape index (κ1) is 25.6. The molecule has 0 amide bonds. The van der Waals surface area contributed by atoms with E-state index in [0.29, 0.717) is 60.2 Å². The van der Waals surface area contributed by atoms with Gasteiger partial charge in [-0.3, -0.25) is 4.90 Å². The third-order valence-corrected chi connectivity index (χ3v) is 8.25. The lowest BCUT2D eigenvalue weighted by Gasteiger charge is -2.22. The summed E-state index contributed by atoms with van der Waals surface area (Å²) in [5, 5.41) is 0.752. The fourth-order valence-electron chi connectivity index (χ4n) is 5.32. The van der Waals surface area contributed by atoms with E-state index in [1.165, 1.54) is 18.1 Å². The Kier molecular flexibility index (Phi) is 7.38. The summed E-state index contributed by atoms with van der Waals surface area (Å²) in [4.78, 5) is 32.2. The zero-order valence-corrected chi connectivity index (χ0v) is 22.7. The quantitative estimate of drug-likeness (QED) is 0.226. The number of benzene rings is 1. The molecule has 0 aliphatic carbocycles. The molecule has 2 N–H and O–H groups in total. The maximum Gasteiger partial charge on any atom is 0.227 e. The van der Waals surface area contributed by atoms with Gasteiger partial charge in [0.2, 0.25) is 5.89 Å². The molecule has 1 aromatic carbocycles. The number of ether oxygens (including phenoxy) is 2. The Labute approximate surface area is 230 Å². The van der Waals surface area contributed by atoms with E-state index in [0.717, 1.165) is 72.9 Å². The highest BCUT2D eigenvalue weighted by atomic mass is 32.2. The van der Waals surface area contributed by atoms with Crippen molar-refractivity contribution in [3.8, 4) is 23.0 Å². The molecule has 4 aromatic rings. The number of unbranched alkanes of at least 4 members (excludes halogenated alkanes) is 1. The lowest BCUT2D eigenvalue weighted by atomic mass is 10.1. The van der Waals surface area contributed by atoms with Crippen molar-refractivity contribution in [2.45, 2.75) is 61.7 Å². The van der Waals surface area contributed by atoms with Gasteiger partial charge in [0.05, 0.1) is 18.3 Å². The number of imidazole rings is 1. The van der Waals surface area contributed by atoms with E-state index in [2.05, 4.69) is 24.4 Å². The Morgan fingerprint density at radius 1 is 1.15 bits per heavy atom. The number of anilines is 1. The molecular weight excluding hydrogens is 518 g/mol. The number of nitrogens with zero attached hydrogens (tertiary/aromatic N) is 6. The molecule has 1 saturated heterocycles. The first-order valence-electron chi connectivity index (χ1n) is 13.3. The minimum atomic E-state index is 0.349. The summed E-state index contributed by atoms with van der Waals surface area (Å²) in [6, 6.07) is 4.34. The lowest BCUT2D eigenvalue weighted by molar-refractivity contribution is -0.109. The molecule has 11 nitrogen and oxygen atoms in total. The largest absolute Gasteiger partial charge is 0.486 e. The van der Waals surface area contributed by atoms with Crippen LogP contribution in [0.4, 0.5) is 5.82 Å². The standard InChI is InChI=1S/C27H31N7O4S/c1-17-15-29-26(38-17)19-13-20-21(37-12-11-36-20)14-22(19)39-27-32-23-24(28)30-16-31-25(23)34(27)8-3-2-5-18-6-4-7-33(18)9-10-35/h10,13-16,18H,2-9,11-12H2,1H3,(H2,28,30,31)/t18-/m0/s1. The summed E-state index contributed by atoms with van der Waals surface area (Å²) in [5.41, 5.74) is 8.28. The van der Waals surface area contributed by atoms with Crippen LogP contribution in [0.25, 0.3) is 22.6 Å². The van der Waals surface area contributed by atoms with Crippen LogP contribution >= 0.6 is 11.8 Å². The van der Waals surface area contributed by atoms with E-state index in [1.807, 2.05) is 19.1 Å². The van der Waals surface area contributed by atoms with Crippen molar-refractivity contribution in [2.75, 3.05) is 32.0 Å². The molecule has 3 aromatic heterocycles. The Bertz CT molecular complexity index is 1490. The number of nitrogen functional groups attached to an aromatic ring is 1. The lowest BCUT2D eigenvalue weighted by Crippen LogP contribution is -2.30. The van der Waals surface area contributed by atoms with Crippen LogP contribution in [0.5, 0.6) is 11.5 Å². The number of rotatable bonds is 10. The third-order valence-electron chi connectivity index (χ3n) is 7.20. The zero-order chi connectivity index (χ0) is 26.8. The molecule has 39 heavy (non-hydrogen) atoms. The van der Waals surface area contributed by atoms with Gasteiger partial charge in [0.25, 0.3) is 0 Å². The number of nitrogens with two attached hydrogens (primary N) is 1. The zero-order valence-electron chi connectivity index (χ0n) is 21.8. The van der Waals surface area contributed by atoms with Gasteiger partial charge in [-0.2, -0.15) is 0 Å². The van der Waals surface area contributed by atoms with Gasteiger partial charge < -0.3 is 29.0 Å². The number of aryl methyl sites for hydroxylation is 2. The van der Waals surface area contributed by atoms with Crippen molar-refractivity contribution in [3.63, 3.8) is 0 Å². The summed E-state index contributed by atoms with van der Waals surface area (Å²) in [5.74, 6) is 2.91. The molecule has 5 heterocycles. The van der Waals surface area contributed by atoms with Gasteiger partial charge in [0.1, 0.15) is 31.6 Å². The predicted molar refractivity (Wildman–Crippen MR) is 146 cm³/mol. The van der Waals surface area contributed by atoms with Crippen LogP contribution in [0.3, 0.4) is 0 Å². The second kappa shape index (κ2) is 11.2. The number of aromatic nitrogens is 5. The summed E-state index contributed by atoms with van der Waals surface area (Å²) < 4.78 is 19.7. The number of likely N-dealkylation sites (tertiary alicyclic amines) is 1. The molecular formula is C27H31N7O4S. The maximum absolute atomic E-state index is 11.0. The van der Waals surface area contributed by atoms with Crippen LogP contribution in [-0.4, -0.2) is 68.0 Å². The smallest absolute Gasteiger partial charge is 0.227 e. The molecule has 0 bridgehead atoms. The molecule has 0 radical (unpaired) electrons. The van der Waals surface area contributed by atoms with Gasteiger partial charge in [-0.25, -0.2) is 19.9 Å². The highest BCUT2D eigenvalue weighted by Gasteiger charge is 2.25. The second-order valence-electron chi connectivity index (χ2n) is 9.80. The molecule has 1 fully saturated rings. The second-order valence-corrected chi connectivity index (χ2v) is 10.8. The number of carbonyl (C=O) groups is 1. The number of hydrogen-bond donors (Lipinski definition) is 1. The molecule has 1 atom stereocenters. The average molecular weight is 550 g/mol. The van der Waals surface area contributed by atoms with Gasteiger partial charge in [0.15, 0.2) is 33.6 Å². The van der Waals surface area contributed by atoms with Crippen molar-refractivity contribution >= 4 is 35.0 Å². The van der Waals surface area contributed by atoms with Crippen molar-refractivity contribution in [1.29, 1.82) is 0 Å². The van der Waals surface area contributed by atoms with Gasteiger partial charge in [-0.15, -0.1) is 0 Å². The average Bonchev–Trinajstić information content (AvgIpc) is 3.66. The highest BCUT2D eigenvalue weighted by molar-refractivity contribution is 7.99. The minimum Gasteiger partial charge on any atom is -0.486 e. The van der Waals surface area contributed by atoms with Crippen molar-refractivity contribution in [3.05, 3.63) is 30.4 Å². The highest BCUT2D eigenvalue weighted by Crippen LogP contribution is 2.44. The van der Waals surface area contributed by atoms with E-state index in [9.17, 15) is 4.79 Å². The van der Waals surface area contributed by atoms with Crippen LogP contribution in [0.1, 0.15) is 37.9 Å². The number of carbonyl (C=O) groups excluding carboxylic acids is 1. The summed E-state index contributed by atoms with van der Waals surface area (Å²) in [6.07, 6.45) is 9.54. The predicted octanol–water partition coefficient (Wildman–Crippen LogP) is 4.13. The van der Waals surface area contributed by atoms with Crippen LogP contribution < -0.4 is 15.2 Å². The molecule has 2 aliphatic heterocycles. The van der Waals surface area contributed by atoms with Gasteiger partial charge in [-0.1, -0.05) is 18.2 Å². The Morgan fingerprint density at radius 2 is 2.00 bits per heavy atom.